The van der Waals surface area contributed by atoms with Crippen LogP contribution in [0.3, 0.4) is 0 Å². The molecular formula is C21H23ClFNO3. The second-order valence-electron chi connectivity index (χ2n) is 8.28. The van der Waals surface area contributed by atoms with E-state index in [2.05, 4.69) is 6.92 Å². The number of hydrogen-bond donors (Lipinski definition) is 0. The van der Waals surface area contributed by atoms with Gasteiger partial charge >= 0.3 is 0 Å². The summed E-state index contributed by atoms with van der Waals surface area (Å²) in [6, 6.07) is 2.54. The highest BCUT2D eigenvalue weighted by Crippen LogP contribution is 2.44. The summed E-state index contributed by atoms with van der Waals surface area (Å²) in [6.45, 7) is 3.97. The van der Waals surface area contributed by atoms with Gasteiger partial charge in [0, 0.05) is 11.6 Å². The maximum Gasteiger partial charge on any atom is 0.260 e. The first kappa shape index (κ1) is 18.5. The Kier molecular flexibility index (Phi) is 4.53. The zero-order valence-corrected chi connectivity index (χ0v) is 16.3. The summed E-state index contributed by atoms with van der Waals surface area (Å²) in [7, 11) is 0. The average Bonchev–Trinajstić information content (AvgIpc) is 3.02. The lowest BCUT2D eigenvalue weighted by atomic mass is 9.74. The molecule has 1 saturated carbocycles. The van der Waals surface area contributed by atoms with E-state index < -0.39 is 23.0 Å². The van der Waals surface area contributed by atoms with Crippen LogP contribution >= 0.6 is 11.6 Å². The van der Waals surface area contributed by atoms with Gasteiger partial charge in [-0.25, -0.2) is 9.29 Å². The van der Waals surface area contributed by atoms with Crippen LogP contribution in [-0.4, -0.2) is 17.9 Å². The van der Waals surface area contributed by atoms with E-state index in [-0.39, 0.29) is 16.8 Å². The maximum atomic E-state index is 14.7. The molecule has 1 aliphatic heterocycles. The number of hydrogen-bond acceptors (Lipinski definition) is 3. The van der Waals surface area contributed by atoms with Gasteiger partial charge in [-0.05, 0) is 57.4 Å². The number of imide groups is 1. The van der Waals surface area contributed by atoms with Crippen molar-refractivity contribution in [2.75, 3.05) is 4.90 Å². The minimum Gasteiger partial charge on any atom is -0.489 e. The third-order valence-electron chi connectivity index (χ3n) is 5.99. The van der Waals surface area contributed by atoms with E-state index in [0.29, 0.717) is 30.1 Å². The van der Waals surface area contributed by atoms with E-state index in [9.17, 15) is 14.0 Å². The molecule has 0 radical (unpaired) electrons. The fraction of sp³-hybridized carbons (Fsp3) is 0.524. The molecule has 1 aromatic rings. The van der Waals surface area contributed by atoms with Crippen molar-refractivity contribution >= 4 is 29.1 Å². The molecule has 0 aromatic heterocycles. The zero-order valence-electron chi connectivity index (χ0n) is 15.6. The molecular weight excluding hydrogens is 369 g/mol. The van der Waals surface area contributed by atoms with Crippen molar-refractivity contribution in [3.05, 3.63) is 34.6 Å². The summed E-state index contributed by atoms with van der Waals surface area (Å²) in [4.78, 5) is 26.8. The Balaban J connectivity index is 1.71. The molecule has 1 fully saturated rings. The van der Waals surface area contributed by atoms with Gasteiger partial charge in [0.1, 0.15) is 11.6 Å². The van der Waals surface area contributed by atoms with Gasteiger partial charge in [0.15, 0.2) is 0 Å². The lowest BCUT2D eigenvalue weighted by molar-refractivity contribution is -0.131. The first-order chi connectivity index (χ1) is 12.8. The molecule has 4 nitrogen and oxygen atoms in total. The predicted molar refractivity (Wildman–Crippen MR) is 101 cm³/mol. The van der Waals surface area contributed by atoms with Gasteiger partial charge in [-0.2, -0.15) is 0 Å². The van der Waals surface area contributed by atoms with E-state index in [0.717, 1.165) is 36.6 Å². The molecule has 4 rings (SSSR count). The Morgan fingerprint density at radius 3 is 2.78 bits per heavy atom. The van der Waals surface area contributed by atoms with E-state index in [1.165, 1.54) is 6.07 Å². The summed E-state index contributed by atoms with van der Waals surface area (Å²) in [5, 5.41) is 0.151. The van der Waals surface area contributed by atoms with Gasteiger partial charge in [0.05, 0.1) is 22.2 Å². The topological polar surface area (TPSA) is 46.6 Å². The molecule has 0 spiro atoms. The van der Waals surface area contributed by atoms with Gasteiger partial charge in [-0.1, -0.05) is 24.6 Å². The number of anilines is 1. The molecule has 2 bridgehead atoms. The van der Waals surface area contributed by atoms with Crippen molar-refractivity contribution in [3.63, 3.8) is 0 Å². The van der Waals surface area contributed by atoms with Crippen LogP contribution in [0.5, 0.6) is 5.75 Å². The predicted octanol–water partition coefficient (Wildman–Crippen LogP) is 5.04. The zero-order chi connectivity index (χ0) is 19.3. The minimum atomic E-state index is -0.768. The Hall–Kier alpha value is -1.88. The number of fused-ring (bicyclic) bond motifs is 1. The molecule has 3 atom stereocenters. The van der Waals surface area contributed by atoms with Crippen molar-refractivity contribution in [1.82, 2.24) is 0 Å². The highest BCUT2D eigenvalue weighted by atomic mass is 35.5. The second kappa shape index (κ2) is 6.62. The Morgan fingerprint density at radius 1 is 1.30 bits per heavy atom. The number of nitrogens with zero attached hydrogens (tertiary/aromatic N) is 1. The van der Waals surface area contributed by atoms with Crippen LogP contribution in [0.1, 0.15) is 52.4 Å². The third-order valence-corrected chi connectivity index (χ3v) is 6.28. The van der Waals surface area contributed by atoms with Crippen LogP contribution in [0.4, 0.5) is 10.1 Å². The third kappa shape index (κ3) is 3.16. The van der Waals surface area contributed by atoms with E-state index in [1.807, 2.05) is 0 Å². The van der Waals surface area contributed by atoms with Crippen LogP contribution < -0.4 is 9.64 Å². The molecule has 27 heavy (non-hydrogen) atoms. The lowest BCUT2D eigenvalue weighted by Gasteiger charge is -2.39. The smallest absolute Gasteiger partial charge is 0.260 e. The molecule has 1 heterocycles. The Morgan fingerprint density at radius 2 is 2.07 bits per heavy atom. The monoisotopic (exact) mass is 391 g/mol. The summed E-state index contributed by atoms with van der Waals surface area (Å²) >= 11 is 6.19. The fourth-order valence-electron chi connectivity index (χ4n) is 4.44. The molecule has 3 unspecified atom stereocenters. The van der Waals surface area contributed by atoms with Crippen molar-refractivity contribution in [2.24, 2.45) is 11.3 Å². The van der Waals surface area contributed by atoms with Crippen LogP contribution in [0.2, 0.25) is 5.02 Å². The van der Waals surface area contributed by atoms with E-state index >= 15 is 0 Å². The Labute approximate surface area is 163 Å². The number of carbonyl (C=O) groups excluding carboxylic acids is 2. The number of benzene rings is 1. The molecule has 0 saturated heterocycles. The SMILES string of the molecule is CC1CCC(Oc2cc(N3C(=O)C4=CC(C)(CCC4)C3=O)c(F)cc2Cl)C1. The van der Waals surface area contributed by atoms with Gasteiger partial charge in [0.25, 0.3) is 5.91 Å². The molecule has 2 amide bonds. The van der Waals surface area contributed by atoms with Crippen LogP contribution in [0.15, 0.2) is 23.8 Å². The number of rotatable bonds is 3. The number of amides is 2. The molecule has 0 N–H and O–H groups in total. The molecule has 1 aromatic carbocycles. The first-order valence-electron chi connectivity index (χ1n) is 9.55. The lowest BCUT2D eigenvalue weighted by Crippen LogP contribution is -2.51. The summed E-state index contributed by atoms with van der Waals surface area (Å²) < 4.78 is 20.7. The fourth-order valence-corrected chi connectivity index (χ4v) is 4.64. The van der Waals surface area contributed by atoms with E-state index in [4.69, 9.17) is 16.3 Å². The molecule has 6 heteroatoms. The average molecular weight is 392 g/mol. The molecule has 144 valence electrons. The second-order valence-corrected chi connectivity index (χ2v) is 8.69. The van der Waals surface area contributed by atoms with Crippen molar-refractivity contribution in [2.45, 2.75) is 58.5 Å². The molecule has 3 aliphatic rings. The highest BCUT2D eigenvalue weighted by molar-refractivity contribution is 6.32. The Bertz CT molecular complexity index is 852. The van der Waals surface area contributed by atoms with Crippen molar-refractivity contribution < 1.29 is 18.7 Å². The van der Waals surface area contributed by atoms with Crippen LogP contribution in [0.25, 0.3) is 0 Å². The minimum absolute atomic E-state index is 0.0168. The van der Waals surface area contributed by atoms with Gasteiger partial charge in [-0.3, -0.25) is 9.59 Å². The maximum absolute atomic E-state index is 14.7. The highest BCUT2D eigenvalue weighted by Gasteiger charge is 2.46. The van der Waals surface area contributed by atoms with Gasteiger partial charge in [0.2, 0.25) is 5.91 Å². The normalized spacial score (nSPS) is 30.5. The molecule has 2 aliphatic carbocycles. The largest absolute Gasteiger partial charge is 0.489 e. The summed E-state index contributed by atoms with van der Waals surface area (Å²) in [5.74, 6) is -0.637. The standard InChI is InChI=1S/C21H23ClFNO3/c1-12-5-6-14(8-12)27-18-10-17(16(23)9-15(18)22)24-19(25)13-4-3-7-21(2,11-13)20(24)26/h9-12,14H,3-8H2,1-2H3. The van der Waals surface area contributed by atoms with Gasteiger partial charge < -0.3 is 4.74 Å². The number of ether oxygens (including phenoxy) is 1. The quantitative estimate of drug-likeness (QED) is 0.678. The summed E-state index contributed by atoms with van der Waals surface area (Å²) in [6.07, 6.45) is 6.71. The van der Waals surface area contributed by atoms with Crippen LogP contribution in [-0.2, 0) is 9.59 Å². The van der Waals surface area contributed by atoms with E-state index in [1.54, 1.807) is 13.0 Å². The van der Waals surface area contributed by atoms with Crippen molar-refractivity contribution in [1.29, 1.82) is 0 Å². The van der Waals surface area contributed by atoms with Crippen molar-refractivity contribution in [3.8, 4) is 5.75 Å². The van der Waals surface area contributed by atoms with Gasteiger partial charge in [-0.15, -0.1) is 0 Å². The number of carbonyl (C=O) groups is 2. The summed E-state index contributed by atoms with van der Waals surface area (Å²) in [5.41, 5.74) is -0.269. The van der Waals surface area contributed by atoms with Crippen LogP contribution in [0, 0.1) is 17.2 Å². The first-order valence-corrected chi connectivity index (χ1v) is 9.92. The number of halogens is 2.